The third kappa shape index (κ3) is 6.93. The lowest BCUT2D eigenvalue weighted by Gasteiger charge is -2.13. The Morgan fingerprint density at radius 2 is 2.03 bits per heavy atom. The molecule has 3 aromatic rings. The van der Waals surface area contributed by atoms with E-state index in [0.717, 1.165) is 36.3 Å². The average molecular weight is 413 g/mol. The smallest absolute Gasteiger partial charge is 0.262 e. The lowest BCUT2D eigenvalue weighted by atomic mass is 10.2. The third-order valence-electron chi connectivity index (χ3n) is 4.36. The number of rotatable bonds is 10. The van der Waals surface area contributed by atoms with Crippen LogP contribution in [-0.4, -0.2) is 28.6 Å². The van der Waals surface area contributed by atoms with Crippen LogP contribution in [0.1, 0.15) is 17.5 Å². The predicted octanol–water partition coefficient (Wildman–Crippen LogP) is 4.04. The fourth-order valence-corrected chi connectivity index (χ4v) is 3.03. The molecular weight excluding hydrogens is 388 g/mol. The van der Waals surface area contributed by atoms with E-state index in [-0.39, 0.29) is 12.5 Å². The molecular formula is C22H25ClN4O2. The maximum atomic E-state index is 12.2. The van der Waals surface area contributed by atoms with Gasteiger partial charge < -0.3 is 19.9 Å². The number of carbonyl (C=O) groups excluding carboxylic acids is 1. The summed E-state index contributed by atoms with van der Waals surface area (Å²) in [6.45, 7) is 4.30. The van der Waals surface area contributed by atoms with E-state index < -0.39 is 0 Å². The summed E-state index contributed by atoms with van der Waals surface area (Å²) in [5.41, 5.74) is 2.81. The fraction of sp³-hybridized carbons (Fsp3) is 0.273. The van der Waals surface area contributed by atoms with Crippen LogP contribution in [-0.2, 0) is 17.9 Å². The van der Waals surface area contributed by atoms with Gasteiger partial charge in [0.2, 0.25) is 0 Å². The SMILES string of the molecule is Cc1ccc(NC(=O)COc2ccc(Cl)cc2CNCCCn2ccnc2)cc1. The maximum absolute atomic E-state index is 12.2. The Hall–Kier alpha value is -2.83. The summed E-state index contributed by atoms with van der Waals surface area (Å²) in [6.07, 6.45) is 6.51. The number of nitrogens with zero attached hydrogens (tertiary/aromatic N) is 2. The van der Waals surface area contributed by atoms with E-state index in [1.807, 2.05) is 54.3 Å². The number of hydrogen-bond acceptors (Lipinski definition) is 4. The van der Waals surface area contributed by atoms with Crippen molar-refractivity contribution in [2.75, 3.05) is 18.5 Å². The largest absolute Gasteiger partial charge is 0.483 e. The topological polar surface area (TPSA) is 68.2 Å². The van der Waals surface area contributed by atoms with Gasteiger partial charge in [0.15, 0.2) is 6.61 Å². The maximum Gasteiger partial charge on any atom is 0.262 e. The first kappa shape index (κ1) is 20.9. The number of aromatic nitrogens is 2. The molecule has 0 spiro atoms. The van der Waals surface area contributed by atoms with E-state index in [0.29, 0.717) is 17.3 Å². The Kier molecular flexibility index (Phi) is 7.67. The highest BCUT2D eigenvalue weighted by Crippen LogP contribution is 2.23. The second-order valence-electron chi connectivity index (χ2n) is 6.79. The van der Waals surface area contributed by atoms with E-state index in [4.69, 9.17) is 16.3 Å². The molecule has 3 rings (SSSR count). The molecule has 0 aliphatic rings. The molecule has 152 valence electrons. The number of hydrogen-bond donors (Lipinski definition) is 2. The lowest BCUT2D eigenvalue weighted by molar-refractivity contribution is -0.118. The molecule has 0 unspecified atom stereocenters. The number of nitrogens with one attached hydrogen (secondary N) is 2. The molecule has 6 nitrogen and oxygen atoms in total. The Labute approximate surface area is 175 Å². The zero-order chi connectivity index (χ0) is 20.5. The van der Waals surface area contributed by atoms with Crippen molar-refractivity contribution < 1.29 is 9.53 Å². The van der Waals surface area contributed by atoms with Gasteiger partial charge in [-0.15, -0.1) is 0 Å². The quantitative estimate of drug-likeness (QED) is 0.493. The standard InChI is InChI=1S/C22H25ClN4O2/c1-17-3-6-20(7-4-17)26-22(28)15-29-21-8-5-19(23)13-18(21)14-24-9-2-11-27-12-10-25-16-27/h3-8,10,12-13,16,24H,2,9,11,14-15H2,1H3,(H,26,28). The predicted molar refractivity (Wildman–Crippen MR) is 115 cm³/mol. The first-order valence-corrected chi connectivity index (χ1v) is 9.92. The highest BCUT2D eigenvalue weighted by molar-refractivity contribution is 6.30. The van der Waals surface area contributed by atoms with Crippen LogP contribution >= 0.6 is 11.6 Å². The van der Waals surface area contributed by atoms with Crippen molar-refractivity contribution >= 4 is 23.2 Å². The minimum atomic E-state index is -0.206. The molecule has 0 saturated heterocycles. The molecule has 1 amide bonds. The van der Waals surface area contributed by atoms with E-state index in [1.54, 1.807) is 18.3 Å². The second kappa shape index (κ2) is 10.6. The molecule has 0 fully saturated rings. The van der Waals surface area contributed by atoms with Gasteiger partial charge in [-0.2, -0.15) is 0 Å². The molecule has 0 atom stereocenters. The second-order valence-corrected chi connectivity index (χ2v) is 7.22. The van der Waals surface area contributed by atoms with Crippen LogP contribution in [0.25, 0.3) is 0 Å². The van der Waals surface area contributed by atoms with Crippen molar-refractivity contribution in [3.63, 3.8) is 0 Å². The number of anilines is 1. The molecule has 2 aromatic carbocycles. The number of benzene rings is 2. The normalized spacial score (nSPS) is 10.7. The van der Waals surface area contributed by atoms with Crippen LogP contribution < -0.4 is 15.4 Å². The first-order valence-electron chi connectivity index (χ1n) is 9.54. The van der Waals surface area contributed by atoms with Gasteiger partial charge in [-0.05, 0) is 50.2 Å². The van der Waals surface area contributed by atoms with Gasteiger partial charge in [0.25, 0.3) is 5.91 Å². The van der Waals surface area contributed by atoms with Crippen molar-refractivity contribution in [3.8, 4) is 5.75 Å². The van der Waals surface area contributed by atoms with Gasteiger partial charge in [-0.1, -0.05) is 29.3 Å². The van der Waals surface area contributed by atoms with Gasteiger partial charge in [0, 0.05) is 41.8 Å². The van der Waals surface area contributed by atoms with E-state index in [9.17, 15) is 4.79 Å². The van der Waals surface area contributed by atoms with Crippen LogP contribution in [0.5, 0.6) is 5.75 Å². The highest BCUT2D eigenvalue weighted by Gasteiger charge is 2.08. The van der Waals surface area contributed by atoms with Gasteiger partial charge in [-0.25, -0.2) is 4.98 Å². The van der Waals surface area contributed by atoms with Gasteiger partial charge in [0.05, 0.1) is 6.33 Å². The molecule has 0 bridgehead atoms. The zero-order valence-corrected chi connectivity index (χ0v) is 17.2. The van der Waals surface area contributed by atoms with Crippen molar-refractivity contribution in [2.24, 2.45) is 0 Å². The number of ether oxygens (including phenoxy) is 1. The molecule has 1 aromatic heterocycles. The van der Waals surface area contributed by atoms with Crippen molar-refractivity contribution in [2.45, 2.75) is 26.4 Å². The number of carbonyl (C=O) groups is 1. The molecule has 7 heteroatoms. The summed E-state index contributed by atoms with van der Waals surface area (Å²) in [5.74, 6) is 0.443. The van der Waals surface area contributed by atoms with E-state index in [1.165, 1.54) is 0 Å². The van der Waals surface area contributed by atoms with Crippen LogP contribution in [0, 0.1) is 6.92 Å². The fourth-order valence-electron chi connectivity index (χ4n) is 2.83. The van der Waals surface area contributed by atoms with E-state index >= 15 is 0 Å². The molecule has 0 radical (unpaired) electrons. The summed E-state index contributed by atoms with van der Waals surface area (Å²) in [7, 11) is 0. The minimum absolute atomic E-state index is 0.0663. The Morgan fingerprint density at radius 1 is 1.21 bits per heavy atom. The van der Waals surface area contributed by atoms with Gasteiger partial charge in [0.1, 0.15) is 5.75 Å². The number of amides is 1. The zero-order valence-electron chi connectivity index (χ0n) is 16.4. The molecule has 0 aliphatic carbocycles. The average Bonchev–Trinajstić information content (AvgIpc) is 3.22. The Bertz CT molecular complexity index is 911. The minimum Gasteiger partial charge on any atom is -0.483 e. The monoisotopic (exact) mass is 412 g/mol. The number of imidazole rings is 1. The summed E-state index contributed by atoms with van der Waals surface area (Å²) in [4.78, 5) is 16.2. The van der Waals surface area contributed by atoms with Crippen LogP contribution in [0.2, 0.25) is 5.02 Å². The number of halogens is 1. The third-order valence-corrected chi connectivity index (χ3v) is 4.60. The number of aryl methyl sites for hydroxylation is 2. The van der Waals surface area contributed by atoms with Crippen molar-refractivity contribution in [1.29, 1.82) is 0 Å². The highest BCUT2D eigenvalue weighted by atomic mass is 35.5. The van der Waals surface area contributed by atoms with Crippen LogP contribution in [0.3, 0.4) is 0 Å². The van der Waals surface area contributed by atoms with Gasteiger partial charge in [-0.3, -0.25) is 4.79 Å². The Balaban J connectivity index is 1.47. The summed E-state index contributed by atoms with van der Waals surface area (Å²) < 4.78 is 7.79. The Morgan fingerprint density at radius 3 is 2.79 bits per heavy atom. The first-order chi connectivity index (χ1) is 14.1. The van der Waals surface area contributed by atoms with Crippen molar-refractivity contribution in [3.05, 3.63) is 77.3 Å². The molecule has 29 heavy (non-hydrogen) atoms. The summed E-state index contributed by atoms with van der Waals surface area (Å²) >= 11 is 6.13. The van der Waals surface area contributed by atoms with Crippen LogP contribution in [0.15, 0.2) is 61.2 Å². The van der Waals surface area contributed by atoms with Crippen LogP contribution in [0.4, 0.5) is 5.69 Å². The summed E-state index contributed by atoms with van der Waals surface area (Å²) in [5, 5.41) is 6.86. The van der Waals surface area contributed by atoms with E-state index in [2.05, 4.69) is 15.6 Å². The molecule has 2 N–H and O–H groups in total. The molecule has 1 heterocycles. The molecule has 0 saturated carbocycles. The molecule has 0 aliphatic heterocycles. The van der Waals surface area contributed by atoms with Gasteiger partial charge >= 0.3 is 0 Å². The van der Waals surface area contributed by atoms with Crippen molar-refractivity contribution in [1.82, 2.24) is 14.9 Å². The summed E-state index contributed by atoms with van der Waals surface area (Å²) in [6, 6.07) is 13.1. The lowest BCUT2D eigenvalue weighted by Crippen LogP contribution is -2.21.